The standard InChI is InChI=1S/C12H12ClN3O3/c1-8-14-11(19-15-8)6-16(7-12(17)18)10-4-2-3-9(13)5-10/h2-5H,6-7H2,1H3,(H,17,18). The van der Waals surface area contributed by atoms with Crippen molar-refractivity contribution in [1.82, 2.24) is 10.1 Å². The lowest BCUT2D eigenvalue weighted by Gasteiger charge is -2.20. The lowest BCUT2D eigenvalue weighted by molar-refractivity contribution is -0.135. The fourth-order valence-electron chi connectivity index (χ4n) is 1.64. The fourth-order valence-corrected chi connectivity index (χ4v) is 1.83. The van der Waals surface area contributed by atoms with Crippen molar-refractivity contribution in [3.63, 3.8) is 0 Å². The van der Waals surface area contributed by atoms with Crippen molar-refractivity contribution >= 4 is 23.3 Å². The summed E-state index contributed by atoms with van der Waals surface area (Å²) >= 11 is 5.91. The van der Waals surface area contributed by atoms with Gasteiger partial charge in [0.2, 0.25) is 5.89 Å². The molecule has 1 heterocycles. The number of benzene rings is 1. The molecular formula is C12H12ClN3O3. The molecule has 1 aromatic heterocycles. The maximum Gasteiger partial charge on any atom is 0.323 e. The molecule has 7 heteroatoms. The Morgan fingerprint density at radius 2 is 2.32 bits per heavy atom. The van der Waals surface area contributed by atoms with Crippen molar-refractivity contribution in [2.24, 2.45) is 0 Å². The van der Waals surface area contributed by atoms with E-state index in [9.17, 15) is 4.79 Å². The van der Waals surface area contributed by atoms with Crippen LogP contribution in [0, 0.1) is 6.92 Å². The second kappa shape index (κ2) is 5.71. The number of hydrogen-bond donors (Lipinski definition) is 1. The van der Waals surface area contributed by atoms with Gasteiger partial charge in [-0.2, -0.15) is 4.98 Å². The molecule has 100 valence electrons. The van der Waals surface area contributed by atoms with Crippen LogP contribution in [0.25, 0.3) is 0 Å². The lowest BCUT2D eigenvalue weighted by Crippen LogP contribution is -2.29. The zero-order valence-electron chi connectivity index (χ0n) is 10.2. The fraction of sp³-hybridized carbons (Fsp3) is 0.250. The number of carbonyl (C=O) groups is 1. The van der Waals surface area contributed by atoms with E-state index in [1.165, 1.54) is 0 Å². The lowest BCUT2D eigenvalue weighted by atomic mass is 10.3. The van der Waals surface area contributed by atoms with E-state index >= 15 is 0 Å². The zero-order chi connectivity index (χ0) is 13.8. The van der Waals surface area contributed by atoms with Gasteiger partial charge in [-0.05, 0) is 25.1 Å². The smallest absolute Gasteiger partial charge is 0.323 e. The van der Waals surface area contributed by atoms with Crippen LogP contribution in [-0.4, -0.2) is 27.8 Å². The molecule has 1 aromatic carbocycles. The second-order valence-corrected chi connectivity index (χ2v) is 4.40. The first-order valence-corrected chi connectivity index (χ1v) is 5.94. The first-order valence-electron chi connectivity index (χ1n) is 5.56. The predicted molar refractivity (Wildman–Crippen MR) is 69.2 cm³/mol. The summed E-state index contributed by atoms with van der Waals surface area (Å²) in [4.78, 5) is 16.6. The van der Waals surface area contributed by atoms with Crippen molar-refractivity contribution < 1.29 is 14.4 Å². The summed E-state index contributed by atoms with van der Waals surface area (Å²) in [5, 5.41) is 13.2. The highest BCUT2D eigenvalue weighted by molar-refractivity contribution is 6.30. The zero-order valence-corrected chi connectivity index (χ0v) is 11.0. The van der Waals surface area contributed by atoms with Gasteiger partial charge in [0.05, 0.1) is 6.54 Å². The van der Waals surface area contributed by atoms with Crippen LogP contribution in [0.3, 0.4) is 0 Å². The van der Waals surface area contributed by atoms with Crippen LogP contribution in [0.15, 0.2) is 28.8 Å². The number of nitrogens with zero attached hydrogens (tertiary/aromatic N) is 3. The maximum absolute atomic E-state index is 10.9. The van der Waals surface area contributed by atoms with Gasteiger partial charge in [0.15, 0.2) is 5.82 Å². The Labute approximate surface area is 114 Å². The number of rotatable bonds is 5. The number of anilines is 1. The molecule has 0 aliphatic carbocycles. The minimum atomic E-state index is -0.948. The van der Waals surface area contributed by atoms with Crippen LogP contribution >= 0.6 is 11.6 Å². The van der Waals surface area contributed by atoms with Gasteiger partial charge in [-0.15, -0.1) is 0 Å². The minimum Gasteiger partial charge on any atom is -0.480 e. The SMILES string of the molecule is Cc1noc(CN(CC(=O)O)c2cccc(Cl)c2)n1. The van der Waals surface area contributed by atoms with E-state index in [1.807, 2.05) is 0 Å². The van der Waals surface area contributed by atoms with Gasteiger partial charge in [0.1, 0.15) is 6.54 Å². The molecule has 0 aliphatic heterocycles. The van der Waals surface area contributed by atoms with Crippen molar-refractivity contribution in [1.29, 1.82) is 0 Å². The average Bonchev–Trinajstić information content (AvgIpc) is 2.73. The minimum absolute atomic E-state index is 0.179. The van der Waals surface area contributed by atoms with Crippen molar-refractivity contribution in [3.8, 4) is 0 Å². The van der Waals surface area contributed by atoms with Gasteiger partial charge in [-0.3, -0.25) is 4.79 Å². The quantitative estimate of drug-likeness (QED) is 0.904. The highest BCUT2D eigenvalue weighted by atomic mass is 35.5. The van der Waals surface area contributed by atoms with E-state index in [4.69, 9.17) is 21.2 Å². The third-order valence-electron chi connectivity index (χ3n) is 2.40. The summed E-state index contributed by atoms with van der Waals surface area (Å²) in [6, 6.07) is 6.94. The number of halogens is 1. The largest absolute Gasteiger partial charge is 0.480 e. The van der Waals surface area contributed by atoms with E-state index in [1.54, 1.807) is 36.1 Å². The Morgan fingerprint density at radius 3 is 2.89 bits per heavy atom. The van der Waals surface area contributed by atoms with Crippen molar-refractivity contribution in [3.05, 3.63) is 41.0 Å². The molecule has 0 atom stereocenters. The first-order chi connectivity index (χ1) is 9.04. The number of aliphatic carboxylic acids is 1. The Balaban J connectivity index is 2.22. The number of aromatic nitrogens is 2. The Morgan fingerprint density at radius 1 is 1.53 bits per heavy atom. The van der Waals surface area contributed by atoms with Gasteiger partial charge >= 0.3 is 5.97 Å². The Hall–Kier alpha value is -2.08. The number of carboxylic acid groups (broad SMARTS) is 1. The molecule has 0 saturated carbocycles. The molecule has 0 aliphatic rings. The molecule has 0 radical (unpaired) electrons. The summed E-state index contributed by atoms with van der Waals surface area (Å²) in [5.41, 5.74) is 0.686. The highest BCUT2D eigenvalue weighted by Crippen LogP contribution is 2.20. The molecule has 2 rings (SSSR count). The Kier molecular flexibility index (Phi) is 4.01. The topological polar surface area (TPSA) is 79.5 Å². The summed E-state index contributed by atoms with van der Waals surface area (Å²) in [6.45, 7) is 1.74. The molecule has 0 fully saturated rings. The molecular weight excluding hydrogens is 270 g/mol. The molecule has 0 amide bonds. The molecule has 19 heavy (non-hydrogen) atoms. The summed E-state index contributed by atoms with van der Waals surface area (Å²) < 4.78 is 5.00. The third-order valence-corrected chi connectivity index (χ3v) is 2.63. The molecule has 2 aromatic rings. The van der Waals surface area contributed by atoms with E-state index in [0.717, 1.165) is 0 Å². The van der Waals surface area contributed by atoms with Crippen molar-refractivity contribution in [2.45, 2.75) is 13.5 Å². The van der Waals surface area contributed by atoms with Gasteiger partial charge in [-0.1, -0.05) is 22.8 Å². The molecule has 1 N–H and O–H groups in total. The third kappa shape index (κ3) is 3.69. The second-order valence-electron chi connectivity index (χ2n) is 3.97. The van der Waals surface area contributed by atoms with E-state index in [2.05, 4.69) is 10.1 Å². The number of aryl methyl sites for hydroxylation is 1. The molecule has 0 bridgehead atoms. The van der Waals surface area contributed by atoms with E-state index < -0.39 is 5.97 Å². The monoisotopic (exact) mass is 281 g/mol. The van der Waals surface area contributed by atoms with Crippen LogP contribution in [0.1, 0.15) is 11.7 Å². The van der Waals surface area contributed by atoms with Crippen LogP contribution in [0.5, 0.6) is 0 Å². The number of carboxylic acids is 1. The molecule has 0 saturated heterocycles. The van der Waals surface area contributed by atoms with Gasteiger partial charge in [-0.25, -0.2) is 0 Å². The predicted octanol–water partition coefficient (Wildman–Crippen LogP) is 2.12. The van der Waals surface area contributed by atoms with Crippen LogP contribution < -0.4 is 4.90 Å². The van der Waals surface area contributed by atoms with Gasteiger partial charge in [0.25, 0.3) is 0 Å². The van der Waals surface area contributed by atoms with Crippen LogP contribution in [0.2, 0.25) is 5.02 Å². The van der Waals surface area contributed by atoms with Crippen LogP contribution in [0.4, 0.5) is 5.69 Å². The van der Waals surface area contributed by atoms with Crippen LogP contribution in [-0.2, 0) is 11.3 Å². The first kappa shape index (κ1) is 13.4. The maximum atomic E-state index is 10.9. The molecule has 0 spiro atoms. The van der Waals surface area contributed by atoms with E-state index in [-0.39, 0.29) is 13.1 Å². The summed E-state index contributed by atoms with van der Waals surface area (Å²) in [6.07, 6.45) is 0. The normalized spacial score (nSPS) is 10.4. The summed E-state index contributed by atoms with van der Waals surface area (Å²) in [7, 11) is 0. The van der Waals surface area contributed by atoms with Gasteiger partial charge in [0, 0.05) is 10.7 Å². The van der Waals surface area contributed by atoms with Gasteiger partial charge < -0.3 is 14.5 Å². The highest BCUT2D eigenvalue weighted by Gasteiger charge is 2.15. The van der Waals surface area contributed by atoms with Crippen molar-refractivity contribution in [2.75, 3.05) is 11.4 Å². The van der Waals surface area contributed by atoms with E-state index in [0.29, 0.717) is 22.4 Å². The average molecular weight is 282 g/mol. The Bertz CT molecular complexity index is 585. The molecule has 0 unspecified atom stereocenters. The molecule has 6 nitrogen and oxygen atoms in total. The summed E-state index contributed by atoms with van der Waals surface area (Å²) in [5.74, 6) is -0.0775. The number of hydrogen-bond acceptors (Lipinski definition) is 5.